The van der Waals surface area contributed by atoms with Crippen molar-refractivity contribution in [3.63, 3.8) is 0 Å². The number of aliphatic hydroxyl groups is 4. The lowest BCUT2D eigenvalue weighted by atomic mass is 9.71. The first-order chi connectivity index (χ1) is 14.6. The lowest BCUT2D eigenvalue weighted by molar-refractivity contribution is -0.277. The van der Waals surface area contributed by atoms with Crippen LogP contribution in [0, 0.1) is 0 Å². The molecule has 3 aliphatic rings. The molecule has 0 saturated carbocycles. The van der Waals surface area contributed by atoms with Gasteiger partial charge in [0.1, 0.15) is 30.2 Å². The average molecular weight is 470 g/mol. The highest BCUT2D eigenvalue weighted by molar-refractivity contribution is 6.58. The van der Waals surface area contributed by atoms with E-state index in [4.69, 9.17) is 32.7 Å². The molecule has 0 radical (unpaired) electrons. The quantitative estimate of drug-likeness (QED) is 0.492. The third-order valence-electron chi connectivity index (χ3n) is 5.76. The molecule has 1 aromatic carbocycles. The first-order valence-corrected chi connectivity index (χ1v) is 10.3. The molecule has 4 N–H and O–H groups in total. The predicted octanol–water partition coefficient (Wildman–Crippen LogP) is 1.43. The maximum Gasteiger partial charge on any atom is 0.229 e. The van der Waals surface area contributed by atoms with Gasteiger partial charge in [-0.25, -0.2) is 4.99 Å². The molecule has 0 spiro atoms. The van der Waals surface area contributed by atoms with Gasteiger partial charge >= 0.3 is 0 Å². The average Bonchev–Trinajstić information content (AvgIpc) is 2.72. The number of nitrogens with zero attached hydrogens (tertiary/aromatic N) is 1. The summed E-state index contributed by atoms with van der Waals surface area (Å²) >= 11 is 12.3. The number of ether oxygens (including phenoxy) is 2. The maximum absolute atomic E-state index is 12.3. The number of halogens is 2. The minimum atomic E-state index is -1.55. The third-order valence-corrected chi connectivity index (χ3v) is 6.40. The number of carbonyl (C=O) groups excluding carboxylic acids is 1. The van der Waals surface area contributed by atoms with Gasteiger partial charge in [0.2, 0.25) is 12.1 Å². The zero-order chi connectivity index (χ0) is 22.7. The Balaban J connectivity index is 1.70. The molecule has 1 saturated heterocycles. The van der Waals surface area contributed by atoms with Gasteiger partial charge in [-0.2, -0.15) is 0 Å². The number of allylic oxidation sites excluding steroid dienone is 4. The molecular formula is C21H21Cl2NO7. The van der Waals surface area contributed by atoms with Crippen molar-refractivity contribution in [1.82, 2.24) is 0 Å². The number of hydrogen-bond donors (Lipinski definition) is 4. The second-order valence-corrected chi connectivity index (χ2v) is 8.91. The highest BCUT2D eigenvalue weighted by Crippen LogP contribution is 2.47. The van der Waals surface area contributed by atoms with E-state index in [1.165, 1.54) is 6.08 Å². The summed E-state index contributed by atoms with van der Waals surface area (Å²) in [5.41, 5.74) is 1.67. The summed E-state index contributed by atoms with van der Waals surface area (Å²) in [4.78, 5) is 16.9. The Morgan fingerprint density at radius 3 is 2.55 bits per heavy atom. The number of carbonyl (C=O) groups is 1. The van der Waals surface area contributed by atoms with Gasteiger partial charge in [0.05, 0.1) is 28.1 Å². The summed E-state index contributed by atoms with van der Waals surface area (Å²) in [6, 6.07) is 4.99. The highest BCUT2D eigenvalue weighted by atomic mass is 35.5. The summed E-state index contributed by atoms with van der Waals surface area (Å²) in [5, 5.41) is 39.4. The molecule has 166 valence electrons. The molecule has 10 heteroatoms. The molecule has 0 bridgehead atoms. The van der Waals surface area contributed by atoms with Crippen LogP contribution < -0.4 is 4.74 Å². The molecule has 1 fully saturated rings. The molecule has 1 aromatic rings. The number of fused-ring (bicyclic) bond motifs is 2. The molecule has 2 heterocycles. The van der Waals surface area contributed by atoms with Gasteiger partial charge in [0.15, 0.2) is 0 Å². The number of benzene rings is 1. The summed E-state index contributed by atoms with van der Waals surface area (Å²) in [6.07, 6.45) is -5.47. The maximum atomic E-state index is 12.3. The van der Waals surface area contributed by atoms with E-state index in [1.807, 2.05) is 13.8 Å². The number of aliphatic hydroxyl groups excluding tert-OH is 4. The van der Waals surface area contributed by atoms with Gasteiger partial charge in [-0.05, 0) is 29.8 Å². The molecule has 2 aliphatic heterocycles. The van der Waals surface area contributed by atoms with Crippen LogP contribution in [0.5, 0.6) is 5.75 Å². The van der Waals surface area contributed by atoms with Gasteiger partial charge in [0, 0.05) is 11.0 Å². The van der Waals surface area contributed by atoms with Crippen LogP contribution in [0.25, 0.3) is 0 Å². The van der Waals surface area contributed by atoms with E-state index in [0.29, 0.717) is 28.3 Å². The van der Waals surface area contributed by atoms with Gasteiger partial charge in [-0.15, -0.1) is 0 Å². The lowest BCUT2D eigenvalue weighted by Crippen LogP contribution is -2.60. The Hall–Kier alpha value is -1.78. The van der Waals surface area contributed by atoms with Crippen molar-refractivity contribution < 1.29 is 34.7 Å². The minimum Gasteiger partial charge on any atom is -0.462 e. The van der Waals surface area contributed by atoms with Crippen LogP contribution in [0.2, 0.25) is 0 Å². The molecule has 0 aromatic heterocycles. The van der Waals surface area contributed by atoms with Crippen molar-refractivity contribution in [3.05, 3.63) is 45.5 Å². The van der Waals surface area contributed by atoms with Crippen LogP contribution in [-0.4, -0.2) is 69.2 Å². The van der Waals surface area contributed by atoms with E-state index in [9.17, 15) is 25.2 Å². The molecule has 8 nitrogen and oxygen atoms in total. The van der Waals surface area contributed by atoms with Crippen molar-refractivity contribution in [2.45, 2.75) is 50.0 Å². The number of aliphatic imine (C=N–C) groups is 1. The van der Waals surface area contributed by atoms with Crippen molar-refractivity contribution in [3.8, 4) is 5.75 Å². The summed E-state index contributed by atoms with van der Waals surface area (Å²) < 4.78 is 11.1. The Morgan fingerprint density at radius 1 is 1.16 bits per heavy atom. The summed E-state index contributed by atoms with van der Waals surface area (Å²) in [7, 11) is 0. The highest BCUT2D eigenvalue weighted by Gasteiger charge is 2.45. The fraction of sp³-hybridized carbons (Fsp3) is 0.429. The van der Waals surface area contributed by atoms with Crippen LogP contribution in [-0.2, 0) is 14.9 Å². The monoisotopic (exact) mass is 469 g/mol. The van der Waals surface area contributed by atoms with Crippen LogP contribution >= 0.6 is 23.2 Å². The zero-order valence-corrected chi connectivity index (χ0v) is 18.1. The largest absolute Gasteiger partial charge is 0.462 e. The number of Topliss-reactive ketones (excluding diaryl/α,β-unsaturated/α-hetero) is 1. The summed E-state index contributed by atoms with van der Waals surface area (Å²) in [6.45, 7) is 3.21. The van der Waals surface area contributed by atoms with Crippen molar-refractivity contribution >= 4 is 40.4 Å². The van der Waals surface area contributed by atoms with Crippen molar-refractivity contribution in [1.29, 1.82) is 0 Å². The van der Waals surface area contributed by atoms with E-state index in [1.54, 1.807) is 18.2 Å². The van der Waals surface area contributed by atoms with Crippen molar-refractivity contribution in [2.24, 2.45) is 4.99 Å². The number of rotatable bonds is 3. The van der Waals surface area contributed by atoms with Gasteiger partial charge in [0.25, 0.3) is 0 Å². The van der Waals surface area contributed by atoms with Crippen LogP contribution in [0.4, 0.5) is 5.69 Å². The zero-order valence-electron chi connectivity index (χ0n) is 16.6. The molecule has 5 atom stereocenters. The van der Waals surface area contributed by atoms with Crippen molar-refractivity contribution in [2.75, 3.05) is 6.61 Å². The Labute approximate surface area is 188 Å². The topological polar surface area (TPSA) is 129 Å². The first kappa shape index (κ1) is 22.4. The number of ketones is 1. The molecule has 4 rings (SSSR count). The molecule has 31 heavy (non-hydrogen) atoms. The standard InChI is InChI=1S/C21H21Cl2NO7/c1-21(2)9-5-8(30-20-19(29)18(28)17(27)13(7-25)31-20)3-4-11(9)24-12-6-10(22)16(26)15(23)14(12)21/h3-6,13,17-20,25,27-29H,7H2,1-2H3. The van der Waals surface area contributed by atoms with Gasteiger partial charge in [-0.3, -0.25) is 4.79 Å². The number of hydrogen-bond acceptors (Lipinski definition) is 8. The second kappa shape index (κ2) is 7.97. The SMILES string of the molecule is CC1(C)C2=C(Cl)C(=O)C(Cl)=CC2=Nc2ccc(OC3OC(CO)C(O)C(O)C3O)cc21. The fourth-order valence-electron chi connectivity index (χ4n) is 4.02. The molecule has 0 amide bonds. The van der Waals surface area contributed by atoms with Crippen LogP contribution in [0.3, 0.4) is 0 Å². The van der Waals surface area contributed by atoms with Gasteiger partial charge < -0.3 is 29.9 Å². The Kier molecular flexibility index (Phi) is 5.76. The van der Waals surface area contributed by atoms with E-state index in [-0.39, 0.29) is 10.1 Å². The summed E-state index contributed by atoms with van der Waals surface area (Å²) in [5.74, 6) is -0.176. The van der Waals surface area contributed by atoms with E-state index in [2.05, 4.69) is 4.99 Å². The van der Waals surface area contributed by atoms with E-state index < -0.39 is 48.5 Å². The van der Waals surface area contributed by atoms with Gasteiger partial charge in [-0.1, -0.05) is 37.0 Å². The third kappa shape index (κ3) is 3.62. The predicted molar refractivity (Wildman–Crippen MR) is 113 cm³/mol. The normalized spacial score (nSPS) is 32.1. The van der Waals surface area contributed by atoms with Crippen LogP contribution in [0.1, 0.15) is 19.4 Å². The van der Waals surface area contributed by atoms with Crippen LogP contribution in [0.15, 0.2) is 44.9 Å². The Bertz CT molecular complexity index is 1030. The minimum absolute atomic E-state index is 0.00200. The molecule has 1 aliphatic carbocycles. The Morgan fingerprint density at radius 2 is 1.87 bits per heavy atom. The second-order valence-electron chi connectivity index (χ2n) is 8.13. The first-order valence-electron chi connectivity index (χ1n) is 9.59. The lowest BCUT2D eigenvalue weighted by Gasteiger charge is -2.40. The molecular weight excluding hydrogens is 449 g/mol. The fourth-order valence-corrected chi connectivity index (χ4v) is 4.70. The smallest absolute Gasteiger partial charge is 0.229 e. The van der Waals surface area contributed by atoms with E-state index in [0.717, 1.165) is 0 Å². The molecule has 5 unspecified atom stereocenters. The van der Waals surface area contributed by atoms with E-state index >= 15 is 0 Å².